The Hall–Kier alpha value is -6.14. The molecule has 2 atom stereocenters. The van der Waals surface area contributed by atoms with Crippen LogP contribution in [0.25, 0.3) is 28.9 Å². The maximum atomic E-state index is 13.1. The SMILES string of the molecule is CCNC[C@@H](c1ccc(O)c(O)c1)[C@@H](OC(=O)C=Cc1cc(O)c(O)c2c1C=C(c1cc(O)c(O)cc1-c1cccc(O)c1)CC2)C(=O)O. The monoisotopic (exact) mass is 669 g/mol. The number of aliphatic carboxylic acids is 1. The average molecular weight is 670 g/mol. The first-order valence-corrected chi connectivity index (χ1v) is 15.4. The van der Waals surface area contributed by atoms with Crippen molar-refractivity contribution in [1.82, 2.24) is 5.32 Å². The number of phenols is 7. The van der Waals surface area contributed by atoms with E-state index >= 15 is 0 Å². The summed E-state index contributed by atoms with van der Waals surface area (Å²) in [6.45, 7) is 2.35. The van der Waals surface area contributed by atoms with E-state index in [4.69, 9.17) is 4.74 Å². The van der Waals surface area contributed by atoms with E-state index in [1.807, 2.05) is 0 Å². The lowest BCUT2D eigenvalue weighted by Gasteiger charge is -2.24. The van der Waals surface area contributed by atoms with Crippen molar-refractivity contribution >= 4 is 29.7 Å². The van der Waals surface area contributed by atoms with Crippen LogP contribution in [0.5, 0.6) is 40.2 Å². The van der Waals surface area contributed by atoms with Crippen LogP contribution in [0.4, 0.5) is 0 Å². The largest absolute Gasteiger partial charge is 0.508 e. The molecule has 1 aliphatic rings. The predicted molar refractivity (Wildman–Crippen MR) is 180 cm³/mol. The van der Waals surface area contributed by atoms with Crippen molar-refractivity contribution in [1.29, 1.82) is 0 Å². The Balaban J connectivity index is 1.50. The number of ether oxygens (including phenoxy) is 1. The third kappa shape index (κ3) is 7.39. The number of carboxylic acids is 1. The van der Waals surface area contributed by atoms with Crippen LogP contribution in [0.3, 0.4) is 0 Å². The van der Waals surface area contributed by atoms with Crippen molar-refractivity contribution in [2.45, 2.75) is 31.8 Å². The lowest BCUT2D eigenvalue weighted by molar-refractivity contribution is -0.162. The van der Waals surface area contributed by atoms with Gasteiger partial charge in [-0.3, -0.25) is 0 Å². The standard InChI is InChI=1S/C37H35NO11/c1-2-38-18-28(22-7-10-29(40)30(41)14-22)36(37(47)48)49-34(45)11-8-21-15-33(44)35(46)24-9-6-20(13-25(21)24)27-17-32(43)31(42)16-26(27)19-4-3-5-23(39)12-19/h3-5,7-8,10-17,28,36,38-44,46H,2,6,9,18H2,1H3,(H,47,48)/t28-,36+/m0/s1. The fraction of sp³-hybridized carbons (Fsp3) is 0.189. The molecule has 5 rings (SSSR count). The van der Waals surface area contributed by atoms with E-state index in [-0.39, 0.29) is 36.0 Å². The van der Waals surface area contributed by atoms with Gasteiger partial charge in [-0.1, -0.05) is 31.2 Å². The van der Waals surface area contributed by atoms with Crippen LogP contribution >= 0.6 is 0 Å². The van der Waals surface area contributed by atoms with Crippen molar-refractivity contribution in [2.24, 2.45) is 0 Å². The van der Waals surface area contributed by atoms with Crippen LogP contribution in [-0.4, -0.2) is 72.0 Å². The maximum absolute atomic E-state index is 13.1. The highest BCUT2D eigenvalue weighted by Crippen LogP contribution is 2.45. The fourth-order valence-electron chi connectivity index (χ4n) is 5.88. The summed E-state index contributed by atoms with van der Waals surface area (Å²) < 4.78 is 5.40. The highest BCUT2D eigenvalue weighted by atomic mass is 16.6. The highest BCUT2D eigenvalue weighted by Gasteiger charge is 2.33. The molecule has 9 N–H and O–H groups in total. The van der Waals surface area contributed by atoms with E-state index in [0.717, 1.165) is 6.08 Å². The summed E-state index contributed by atoms with van der Waals surface area (Å²) in [5.41, 5.74) is 3.72. The maximum Gasteiger partial charge on any atom is 0.345 e. The molecular weight excluding hydrogens is 634 g/mol. The van der Waals surface area contributed by atoms with E-state index in [0.29, 0.717) is 57.5 Å². The van der Waals surface area contributed by atoms with Gasteiger partial charge in [0, 0.05) is 24.1 Å². The van der Waals surface area contributed by atoms with Crippen LogP contribution in [0.2, 0.25) is 0 Å². The lowest BCUT2D eigenvalue weighted by atomic mass is 9.83. The summed E-state index contributed by atoms with van der Waals surface area (Å²) in [5, 5.41) is 84.8. The molecule has 49 heavy (non-hydrogen) atoms. The number of likely N-dealkylation sites (N-methyl/N-ethyl adjacent to an activating group) is 1. The van der Waals surface area contributed by atoms with Crippen molar-refractivity contribution in [3.8, 4) is 51.4 Å². The molecule has 0 spiro atoms. The molecule has 4 aromatic rings. The van der Waals surface area contributed by atoms with Crippen LogP contribution < -0.4 is 5.32 Å². The summed E-state index contributed by atoms with van der Waals surface area (Å²) in [5.74, 6) is -5.78. The van der Waals surface area contributed by atoms with Gasteiger partial charge in [0.25, 0.3) is 0 Å². The molecule has 0 unspecified atom stereocenters. The Morgan fingerprint density at radius 3 is 2.22 bits per heavy atom. The van der Waals surface area contributed by atoms with Crippen LogP contribution in [0, 0.1) is 0 Å². The molecule has 0 amide bonds. The second-order valence-electron chi connectivity index (χ2n) is 11.5. The highest BCUT2D eigenvalue weighted by molar-refractivity contribution is 5.96. The quantitative estimate of drug-likeness (QED) is 0.0573. The van der Waals surface area contributed by atoms with Crippen molar-refractivity contribution < 1.29 is 55.2 Å². The third-order valence-electron chi connectivity index (χ3n) is 8.33. The van der Waals surface area contributed by atoms with E-state index < -0.39 is 41.2 Å². The summed E-state index contributed by atoms with van der Waals surface area (Å²) in [7, 11) is 0. The van der Waals surface area contributed by atoms with Gasteiger partial charge in [-0.25, -0.2) is 9.59 Å². The molecule has 12 nitrogen and oxygen atoms in total. The normalized spacial score (nSPS) is 13.8. The molecule has 254 valence electrons. The molecule has 0 fully saturated rings. The van der Waals surface area contributed by atoms with Crippen molar-refractivity contribution in [3.05, 3.63) is 94.6 Å². The number of carbonyl (C=O) groups excluding carboxylic acids is 1. The molecule has 12 heteroatoms. The Morgan fingerprint density at radius 2 is 1.55 bits per heavy atom. The van der Waals surface area contributed by atoms with Gasteiger partial charge < -0.3 is 50.9 Å². The lowest BCUT2D eigenvalue weighted by Crippen LogP contribution is -2.38. The van der Waals surface area contributed by atoms with Gasteiger partial charge in [-0.15, -0.1) is 0 Å². The number of esters is 1. The number of aromatic hydroxyl groups is 7. The van der Waals surface area contributed by atoms with Crippen LogP contribution in [-0.2, 0) is 20.7 Å². The first-order valence-electron chi connectivity index (χ1n) is 15.4. The summed E-state index contributed by atoms with van der Waals surface area (Å²) >= 11 is 0. The molecule has 1 aliphatic carbocycles. The molecule has 0 aliphatic heterocycles. The van der Waals surface area contributed by atoms with Gasteiger partial charge in [0.2, 0.25) is 6.10 Å². The van der Waals surface area contributed by atoms with Crippen molar-refractivity contribution in [3.63, 3.8) is 0 Å². The molecule has 0 saturated carbocycles. The molecular formula is C37H35NO11. The van der Waals surface area contributed by atoms with E-state index in [1.54, 1.807) is 25.1 Å². The van der Waals surface area contributed by atoms with Crippen LogP contribution in [0.15, 0.2) is 66.7 Å². The summed E-state index contributed by atoms with van der Waals surface area (Å²) in [6.07, 6.45) is 2.94. The summed E-state index contributed by atoms with van der Waals surface area (Å²) in [6, 6.07) is 14.2. The van der Waals surface area contributed by atoms with Gasteiger partial charge in [-0.05, 0) is 107 Å². The van der Waals surface area contributed by atoms with Gasteiger partial charge in [-0.2, -0.15) is 0 Å². The minimum absolute atomic E-state index is 0.00186. The molecule has 0 heterocycles. The Bertz CT molecular complexity index is 1980. The minimum Gasteiger partial charge on any atom is -0.508 e. The van der Waals surface area contributed by atoms with E-state index in [2.05, 4.69) is 5.32 Å². The number of carbonyl (C=O) groups is 2. The number of fused-ring (bicyclic) bond motifs is 1. The molecule has 0 bridgehead atoms. The number of benzene rings is 4. The zero-order valence-corrected chi connectivity index (χ0v) is 26.3. The van der Waals surface area contributed by atoms with Gasteiger partial charge in [0.1, 0.15) is 5.75 Å². The number of carboxylic acid groups (broad SMARTS) is 1. The second kappa shape index (κ2) is 14.3. The van der Waals surface area contributed by atoms with Gasteiger partial charge in [0.05, 0.1) is 0 Å². The Kier molecular flexibility index (Phi) is 10.00. The smallest absolute Gasteiger partial charge is 0.345 e. The van der Waals surface area contributed by atoms with Crippen LogP contribution in [0.1, 0.15) is 47.1 Å². The molecule has 0 radical (unpaired) electrons. The topological polar surface area (TPSA) is 217 Å². The number of hydrogen-bond acceptors (Lipinski definition) is 11. The summed E-state index contributed by atoms with van der Waals surface area (Å²) in [4.78, 5) is 25.4. The fourth-order valence-corrected chi connectivity index (χ4v) is 5.88. The van der Waals surface area contributed by atoms with E-state index in [9.17, 15) is 50.4 Å². The predicted octanol–water partition coefficient (Wildman–Crippen LogP) is 5.18. The zero-order valence-electron chi connectivity index (χ0n) is 26.3. The Morgan fingerprint density at radius 1 is 0.837 bits per heavy atom. The average Bonchev–Trinajstić information content (AvgIpc) is 3.07. The number of allylic oxidation sites excluding steroid dienone is 1. The van der Waals surface area contributed by atoms with Gasteiger partial charge >= 0.3 is 11.9 Å². The van der Waals surface area contributed by atoms with Gasteiger partial charge in [0.15, 0.2) is 34.5 Å². The molecule has 0 saturated heterocycles. The molecule has 4 aromatic carbocycles. The first kappa shape index (κ1) is 34.2. The first-order chi connectivity index (χ1) is 23.4. The number of phenolic OH excluding ortho intramolecular Hbond substituents is 7. The third-order valence-corrected chi connectivity index (χ3v) is 8.33. The zero-order chi connectivity index (χ0) is 35.4. The number of rotatable bonds is 11. The van der Waals surface area contributed by atoms with Crippen molar-refractivity contribution in [2.75, 3.05) is 13.1 Å². The minimum atomic E-state index is -1.69. The second-order valence-corrected chi connectivity index (χ2v) is 11.5. The Labute approximate surface area is 280 Å². The number of hydrogen-bond donors (Lipinski definition) is 9. The molecule has 0 aromatic heterocycles. The number of nitrogens with one attached hydrogen (secondary N) is 1. The van der Waals surface area contributed by atoms with E-state index in [1.165, 1.54) is 54.6 Å².